The fourth-order valence-corrected chi connectivity index (χ4v) is 5.34. The minimum atomic E-state index is -1.29. The summed E-state index contributed by atoms with van der Waals surface area (Å²) >= 11 is 2.38. The Labute approximate surface area is 196 Å². The van der Waals surface area contributed by atoms with Gasteiger partial charge in [-0.25, -0.2) is 14.6 Å². The van der Waals surface area contributed by atoms with Crippen molar-refractivity contribution in [2.45, 2.75) is 12.1 Å². The van der Waals surface area contributed by atoms with Crippen LogP contribution in [0.3, 0.4) is 0 Å². The topological polar surface area (TPSA) is 185 Å². The fourth-order valence-electron chi connectivity index (χ4n) is 3.27. The number of aromatic nitrogens is 1. The number of nitrogens with zero attached hydrogens (tertiary/aromatic N) is 4. The number of likely N-dealkylation sites (N-methyl/N-ethyl adjacent to an activating group) is 1. The highest BCUT2D eigenvalue weighted by Crippen LogP contribution is 2.39. The van der Waals surface area contributed by atoms with E-state index in [0.717, 1.165) is 11.3 Å². The largest absolute Gasteiger partial charge is 0.479 e. The normalized spacial score (nSPS) is 20.8. The van der Waals surface area contributed by atoms with Crippen LogP contribution >= 0.6 is 23.1 Å². The predicted octanol–water partition coefficient (Wildman–Crippen LogP) is -1.02. The standard InChI is InChI=1S/C18H22N6O7S2/c1-24(2,3)4-10-14(17(29)30)23-9(7-32-10)13(16(23)28)21-15(27)12(22-31-5-11(25)26)8-6-33-18(19)20-8/h6,9,13H,4-5,7H2,1-3H3,(H4-,19,20,21,25,26,27,29,30)/p+1. The minimum absolute atomic E-state index is 0.0541. The molecule has 15 heteroatoms. The van der Waals surface area contributed by atoms with E-state index in [2.05, 4.69) is 20.3 Å². The Balaban J connectivity index is 1.80. The molecular formula is C18H23N6O7S2+. The second-order valence-corrected chi connectivity index (χ2v) is 10.2. The number of nitrogens with one attached hydrogen (secondary N) is 1. The van der Waals surface area contributed by atoms with Gasteiger partial charge < -0.3 is 30.6 Å². The third kappa shape index (κ3) is 5.43. The van der Waals surface area contributed by atoms with Gasteiger partial charge in [-0.3, -0.25) is 14.5 Å². The number of carboxylic acid groups (broad SMARTS) is 2. The fraction of sp³-hybridized carbons (Fsp3) is 0.444. The van der Waals surface area contributed by atoms with E-state index in [1.807, 2.05) is 21.1 Å². The van der Waals surface area contributed by atoms with Gasteiger partial charge in [0.15, 0.2) is 10.8 Å². The summed E-state index contributed by atoms with van der Waals surface area (Å²) < 4.78 is 0.485. The molecule has 2 aliphatic rings. The molecule has 1 aromatic rings. The molecule has 3 rings (SSSR count). The maximum Gasteiger partial charge on any atom is 0.353 e. The van der Waals surface area contributed by atoms with Gasteiger partial charge >= 0.3 is 11.9 Å². The van der Waals surface area contributed by atoms with Crippen LogP contribution in [0.1, 0.15) is 5.69 Å². The Kier molecular flexibility index (Phi) is 6.94. The summed E-state index contributed by atoms with van der Waals surface area (Å²) in [5.41, 5.74) is 5.23. The van der Waals surface area contributed by atoms with Crippen LogP contribution in [-0.4, -0.2) is 106 Å². The van der Waals surface area contributed by atoms with Crippen molar-refractivity contribution in [3.63, 3.8) is 0 Å². The van der Waals surface area contributed by atoms with Crippen LogP contribution in [0.5, 0.6) is 0 Å². The molecule has 2 unspecified atom stereocenters. The first kappa shape index (κ1) is 24.5. The molecule has 0 saturated carbocycles. The van der Waals surface area contributed by atoms with E-state index in [1.165, 1.54) is 22.0 Å². The molecule has 2 aliphatic heterocycles. The minimum Gasteiger partial charge on any atom is -0.479 e. The van der Waals surface area contributed by atoms with E-state index in [-0.39, 0.29) is 22.2 Å². The number of fused-ring (bicyclic) bond motifs is 1. The molecule has 1 saturated heterocycles. The summed E-state index contributed by atoms with van der Waals surface area (Å²) in [4.78, 5) is 58.7. The first-order valence-corrected chi connectivity index (χ1v) is 11.4. The summed E-state index contributed by atoms with van der Waals surface area (Å²) in [5, 5.41) is 26.1. The van der Waals surface area contributed by atoms with Crippen LogP contribution in [0.15, 0.2) is 21.1 Å². The molecule has 0 bridgehead atoms. The summed E-state index contributed by atoms with van der Waals surface area (Å²) in [6.07, 6.45) is 0. The molecule has 0 radical (unpaired) electrons. The summed E-state index contributed by atoms with van der Waals surface area (Å²) in [7, 11) is 5.75. The van der Waals surface area contributed by atoms with Gasteiger partial charge in [0.1, 0.15) is 24.0 Å². The third-order valence-corrected chi connectivity index (χ3v) is 6.44. The number of quaternary nitrogens is 1. The molecule has 3 heterocycles. The number of nitrogens with two attached hydrogens (primary N) is 1. The Morgan fingerprint density at radius 3 is 2.61 bits per heavy atom. The summed E-state index contributed by atoms with van der Waals surface area (Å²) in [6.45, 7) is -0.351. The Bertz CT molecular complexity index is 1060. The number of aliphatic carboxylic acids is 2. The molecule has 0 aromatic carbocycles. The maximum absolute atomic E-state index is 12.9. The second-order valence-electron chi connectivity index (χ2n) is 8.24. The van der Waals surface area contributed by atoms with Gasteiger partial charge in [0.2, 0.25) is 6.61 Å². The highest BCUT2D eigenvalue weighted by molar-refractivity contribution is 8.03. The zero-order valence-corrected chi connectivity index (χ0v) is 19.6. The van der Waals surface area contributed by atoms with Gasteiger partial charge in [0.25, 0.3) is 11.8 Å². The smallest absolute Gasteiger partial charge is 0.353 e. The van der Waals surface area contributed by atoms with Crippen LogP contribution in [0.4, 0.5) is 5.13 Å². The number of nitrogen functional groups attached to an aromatic ring is 1. The van der Waals surface area contributed by atoms with Crippen molar-refractivity contribution in [1.82, 2.24) is 15.2 Å². The SMILES string of the molecule is C[N+](C)(C)CC1=C(C(=O)O)N2C(=O)C(NC(=O)C(=NOCC(=O)O)c3csc(N)n3)C2CS1. The van der Waals surface area contributed by atoms with Gasteiger partial charge in [-0.15, -0.1) is 23.1 Å². The first-order chi connectivity index (χ1) is 15.4. The molecule has 0 spiro atoms. The van der Waals surface area contributed by atoms with Crippen molar-refractivity contribution in [2.75, 3.05) is 45.8 Å². The lowest BCUT2D eigenvalue weighted by Gasteiger charge is -2.50. The van der Waals surface area contributed by atoms with Crippen molar-refractivity contribution in [3.8, 4) is 0 Å². The predicted molar refractivity (Wildman–Crippen MR) is 119 cm³/mol. The molecule has 178 valence electrons. The number of carboxylic acids is 2. The molecular weight excluding hydrogens is 476 g/mol. The number of hydrogen-bond donors (Lipinski definition) is 4. The average molecular weight is 500 g/mol. The summed E-state index contributed by atoms with van der Waals surface area (Å²) in [6, 6.07) is -1.54. The maximum atomic E-state index is 12.9. The van der Waals surface area contributed by atoms with Crippen LogP contribution in [0.25, 0.3) is 0 Å². The van der Waals surface area contributed by atoms with Crippen molar-refractivity contribution in [1.29, 1.82) is 0 Å². The molecule has 2 amide bonds. The van der Waals surface area contributed by atoms with E-state index in [4.69, 9.17) is 10.8 Å². The van der Waals surface area contributed by atoms with Crippen molar-refractivity contribution in [2.24, 2.45) is 5.16 Å². The van der Waals surface area contributed by atoms with Crippen LogP contribution in [-0.2, 0) is 24.0 Å². The Morgan fingerprint density at radius 1 is 1.36 bits per heavy atom. The zero-order chi connectivity index (χ0) is 24.5. The number of rotatable bonds is 9. The van der Waals surface area contributed by atoms with Crippen LogP contribution < -0.4 is 11.1 Å². The number of thiazole rings is 1. The number of β-lactam (4-membered cyclic amide) rings is 1. The number of carbonyl (C=O) groups is 4. The number of amides is 2. The lowest BCUT2D eigenvalue weighted by molar-refractivity contribution is -0.864. The highest BCUT2D eigenvalue weighted by atomic mass is 32.2. The lowest BCUT2D eigenvalue weighted by Crippen LogP contribution is -2.73. The van der Waals surface area contributed by atoms with Crippen LogP contribution in [0, 0.1) is 0 Å². The number of hydrogen-bond acceptors (Lipinski definition) is 10. The molecule has 0 aliphatic carbocycles. The zero-order valence-electron chi connectivity index (χ0n) is 18.0. The van der Waals surface area contributed by atoms with E-state index in [1.54, 1.807) is 0 Å². The summed E-state index contributed by atoms with van der Waals surface area (Å²) in [5.74, 6) is -3.50. The number of thioether (sulfide) groups is 1. The highest BCUT2D eigenvalue weighted by Gasteiger charge is 2.54. The first-order valence-electron chi connectivity index (χ1n) is 9.56. The van der Waals surface area contributed by atoms with E-state index in [9.17, 15) is 24.3 Å². The van der Waals surface area contributed by atoms with Crippen molar-refractivity contribution < 1.29 is 38.7 Å². The quantitative estimate of drug-likeness (QED) is 0.142. The molecule has 1 aromatic heterocycles. The van der Waals surface area contributed by atoms with E-state index in [0.29, 0.717) is 21.7 Å². The molecule has 1 fully saturated rings. The molecule has 2 atom stereocenters. The lowest BCUT2D eigenvalue weighted by atomic mass is 9.94. The van der Waals surface area contributed by atoms with E-state index < -0.39 is 42.4 Å². The van der Waals surface area contributed by atoms with Gasteiger partial charge in [-0.05, 0) is 0 Å². The van der Waals surface area contributed by atoms with Gasteiger partial charge in [0, 0.05) is 11.1 Å². The van der Waals surface area contributed by atoms with Gasteiger partial charge in [-0.2, -0.15) is 0 Å². The van der Waals surface area contributed by atoms with Gasteiger partial charge in [-0.1, -0.05) is 5.16 Å². The monoisotopic (exact) mass is 499 g/mol. The Morgan fingerprint density at radius 2 is 2.06 bits per heavy atom. The van der Waals surface area contributed by atoms with Crippen molar-refractivity contribution in [3.05, 3.63) is 21.7 Å². The second kappa shape index (κ2) is 9.36. The molecule has 33 heavy (non-hydrogen) atoms. The third-order valence-electron chi connectivity index (χ3n) is 4.58. The van der Waals surface area contributed by atoms with E-state index >= 15 is 0 Å². The van der Waals surface area contributed by atoms with Crippen LogP contribution in [0.2, 0.25) is 0 Å². The number of carbonyl (C=O) groups excluding carboxylic acids is 2. The molecule has 5 N–H and O–H groups in total. The number of anilines is 1. The van der Waals surface area contributed by atoms with Gasteiger partial charge in [0.05, 0.1) is 32.1 Å². The number of oxime groups is 1. The average Bonchev–Trinajstić information content (AvgIpc) is 3.13. The molecule has 13 nitrogen and oxygen atoms in total. The Hall–Kier alpha value is -3.17. The van der Waals surface area contributed by atoms with Crippen molar-refractivity contribution >= 4 is 57.7 Å².